The molecule has 0 radical (unpaired) electrons. The SMILES string of the molecule is C[C@H](CN(Cc1nn(C)cc1Br)C(=O)OCc1ccccc1)NC(=O)OC(C)(C)C. The number of hydrogen-bond donors (Lipinski definition) is 1. The van der Waals surface area contributed by atoms with Gasteiger partial charge in [0.2, 0.25) is 0 Å². The summed E-state index contributed by atoms with van der Waals surface area (Å²) in [6, 6.07) is 9.10. The molecular formula is C21H29BrN4O4. The Morgan fingerprint density at radius 1 is 1.27 bits per heavy atom. The molecule has 1 N–H and O–H groups in total. The molecule has 9 heteroatoms. The van der Waals surface area contributed by atoms with Gasteiger partial charge in [0, 0.05) is 25.8 Å². The Labute approximate surface area is 185 Å². The third kappa shape index (κ3) is 8.06. The Hall–Kier alpha value is -2.55. The summed E-state index contributed by atoms with van der Waals surface area (Å²) in [6.45, 7) is 7.81. The minimum absolute atomic E-state index is 0.160. The first-order valence-electron chi connectivity index (χ1n) is 9.66. The number of rotatable bonds is 7. The van der Waals surface area contributed by atoms with E-state index in [-0.39, 0.29) is 25.7 Å². The molecule has 1 aromatic heterocycles. The van der Waals surface area contributed by atoms with Gasteiger partial charge in [0.1, 0.15) is 12.2 Å². The van der Waals surface area contributed by atoms with Crippen molar-refractivity contribution in [2.24, 2.45) is 7.05 Å². The highest BCUT2D eigenvalue weighted by Crippen LogP contribution is 2.17. The lowest BCUT2D eigenvalue weighted by Crippen LogP contribution is -2.45. The Bertz CT molecular complexity index is 848. The molecule has 2 rings (SSSR count). The largest absolute Gasteiger partial charge is 0.445 e. The molecule has 8 nitrogen and oxygen atoms in total. The Morgan fingerprint density at radius 3 is 2.50 bits per heavy atom. The summed E-state index contributed by atoms with van der Waals surface area (Å²) in [4.78, 5) is 26.4. The second-order valence-electron chi connectivity index (χ2n) is 8.07. The van der Waals surface area contributed by atoms with E-state index < -0.39 is 17.8 Å². The van der Waals surface area contributed by atoms with E-state index in [2.05, 4.69) is 26.3 Å². The van der Waals surface area contributed by atoms with E-state index >= 15 is 0 Å². The highest BCUT2D eigenvalue weighted by atomic mass is 79.9. The number of halogens is 1. The van der Waals surface area contributed by atoms with Gasteiger partial charge < -0.3 is 19.7 Å². The van der Waals surface area contributed by atoms with E-state index in [1.165, 1.54) is 4.90 Å². The third-order valence-electron chi connectivity index (χ3n) is 3.92. The monoisotopic (exact) mass is 480 g/mol. The zero-order chi connectivity index (χ0) is 22.3. The molecule has 1 heterocycles. The fourth-order valence-electron chi connectivity index (χ4n) is 2.69. The highest BCUT2D eigenvalue weighted by Gasteiger charge is 2.23. The molecule has 0 aliphatic carbocycles. The number of aryl methyl sites for hydroxylation is 1. The molecular weight excluding hydrogens is 452 g/mol. The molecule has 1 atom stereocenters. The van der Waals surface area contributed by atoms with Crippen molar-refractivity contribution in [1.29, 1.82) is 0 Å². The molecule has 0 aliphatic rings. The summed E-state index contributed by atoms with van der Waals surface area (Å²) < 4.78 is 13.2. The summed E-state index contributed by atoms with van der Waals surface area (Å²) in [5, 5.41) is 7.13. The van der Waals surface area contributed by atoms with Crippen LogP contribution in [0.15, 0.2) is 41.0 Å². The van der Waals surface area contributed by atoms with Gasteiger partial charge in [-0.3, -0.25) is 4.68 Å². The molecule has 0 bridgehead atoms. The Morgan fingerprint density at radius 2 is 1.93 bits per heavy atom. The van der Waals surface area contributed by atoms with Crippen molar-refractivity contribution in [2.45, 2.75) is 52.5 Å². The number of carbonyl (C=O) groups excluding carboxylic acids is 2. The minimum Gasteiger partial charge on any atom is -0.445 e. The van der Waals surface area contributed by atoms with Gasteiger partial charge in [-0.15, -0.1) is 0 Å². The number of nitrogens with zero attached hydrogens (tertiary/aromatic N) is 3. The van der Waals surface area contributed by atoms with Crippen LogP contribution in [0.4, 0.5) is 9.59 Å². The van der Waals surface area contributed by atoms with Crippen molar-refractivity contribution in [1.82, 2.24) is 20.0 Å². The van der Waals surface area contributed by atoms with Crippen LogP contribution in [0.3, 0.4) is 0 Å². The first-order valence-corrected chi connectivity index (χ1v) is 10.5. The molecule has 0 spiro atoms. The average molecular weight is 481 g/mol. The highest BCUT2D eigenvalue weighted by molar-refractivity contribution is 9.10. The first-order chi connectivity index (χ1) is 14.0. The summed E-state index contributed by atoms with van der Waals surface area (Å²) in [5.74, 6) is 0. The van der Waals surface area contributed by atoms with Crippen LogP contribution >= 0.6 is 15.9 Å². The maximum absolute atomic E-state index is 12.8. The van der Waals surface area contributed by atoms with Crippen LogP contribution in [0.25, 0.3) is 0 Å². The second-order valence-corrected chi connectivity index (χ2v) is 8.92. The van der Waals surface area contributed by atoms with Gasteiger partial charge in [0.15, 0.2) is 0 Å². The number of nitrogens with one attached hydrogen (secondary N) is 1. The third-order valence-corrected chi connectivity index (χ3v) is 4.58. The predicted octanol–water partition coefficient (Wildman–Crippen LogP) is 4.23. The standard InChI is InChI=1S/C21H29BrN4O4/c1-15(23-19(27)30-21(2,3)4)11-26(13-18-17(22)12-25(5)24-18)20(28)29-14-16-9-7-6-8-10-16/h6-10,12,15H,11,13-14H2,1-5H3,(H,23,27)/t15-/m1/s1. The van der Waals surface area contributed by atoms with Crippen LogP contribution in [0, 0.1) is 0 Å². The fraction of sp³-hybridized carbons (Fsp3) is 0.476. The predicted molar refractivity (Wildman–Crippen MR) is 117 cm³/mol. The summed E-state index contributed by atoms with van der Waals surface area (Å²) in [6.07, 6.45) is 0.784. The van der Waals surface area contributed by atoms with Crippen LogP contribution in [0.1, 0.15) is 39.0 Å². The lowest BCUT2D eigenvalue weighted by molar-refractivity contribution is 0.0483. The first kappa shape index (κ1) is 23.7. The number of benzene rings is 1. The molecule has 164 valence electrons. The molecule has 0 saturated carbocycles. The normalized spacial score (nSPS) is 12.2. The van der Waals surface area contributed by atoms with Crippen molar-refractivity contribution in [2.75, 3.05) is 6.54 Å². The van der Waals surface area contributed by atoms with Crippen molar-refractivity contribution >= 4 is 28.1 Å². The van der Waals surface area contributed by atoms with E-state index in [4.69, 9.17) is 9.47 Å². The number of amides is 2. The maximum Gasteiger partial charge on any atom is 0.410 e. The van der Waals surface area contributed by atoms with Crippen LogP contribution in [-0.4, -0.2) is 45.1 Å². The quantitative estimate of drug-likeness (QED) is 0.640. The molecule has 0 fully saturated rings. The van der Waals surface area contributed by atoms with E-state index in [9.17, 15) is 9.59 Å². The number of ether oxygens (including phenoxy) is 2. The van der Waals surface area contributed by atoms with Crippen LogP contribution in [0.5, 0.6) is 0 Å². The molecule has 0 unspecified atom stereocenters. The second kappa shape index (κ2) is 10.5. The Balaban J connectivity index is 2.05. The Kier molecular flexibility index (Phi) is 8.28. The number of carbonyl (C=O) groups is 2. The van der Waals surface area contributed by atoms with Crippen molar-refractivity contribution in [3.05, 3.63) is 52.3 Å². The van der Waals surface area contributed by atoms with Crippen molar-refractivity contribution in [3.63, 3.8) is 0 Å². The lowest BCUT2D eigenvalue weighted by atomic mass is 10.2. The molecule has 1 aromatic carbocycles. The van der Waals surface area contributed by atoms with Gasteiger partial charge >= 0.3 is 12.2 Å². The number of alkyl carbamates (subject to hydrolysis) is 1. The van der Waals surface area contributed by atoms with E-state index in [1.807, 2.05) is 36.5 Å². The van der Waals surface area contributed by atoms with E-state index in [0.717, 1.165) is 10.0 Å². The molecule has 0 saturated heterocycles. The average Bonchev–Trinajstić information content (AvgIpc) is 2.95. The van der Waals surface area contributed by atoms with Gasteiger partial charge in [-0.05, 0) is 49.2 Å². The van der Waals surface area contributed by atoms with Crippen LogP contribution in [0.2, 0.25) is 0 Å². The zero-order valence-electron chi connectivity index (χ0n) is 18.0. The maximum atomic E-state index is 12.8. The fourth-order valence-corrected chi connectivity index (χ4v) is 3.19. The number of aromatic nitrogens is 2. The molecule has 2 amide bonds. The van der Waals surface area contributed by atoms with Crippen LogP contribution in [-0.2, 0) is 29.7 Å². The zero-order valence-corrected chi connectivity index (χ0v) is 19.6. The van der Waals surface area contributed by atoms with Crippen LogP contribution < -0.4 is 5.32 Å². The van der Waals surface area contributed by atoms with Gasteiger partial charge in [0.05, 0.1) is 16.7 Å². The molecule has 2 aromatic rings. The van der Waals surface area contributed by atoms with Crippen molar-refractivity contribution < 1.29 is 19.1 Å². The summed E-state index contributed by atoms with van der Waals surface area (Å²) in [5.41, 5.74) is 0.986. The number of hydrogen-bond acceptors (Lipinski definition) is 5. The van der Waals surface area contributed by atoms with Gasteiger partial charge in [-0.2, -0.15) is 5.10 Å². The lowest BCUT2D eigenvalue weighted by Gasteiger charge is -2.26. The van der Waals surface area contributed by atoms with Gasteiger partial charge in [-0.25, -0.2) is 9.59 Å². The minimum atomic E-state index is -0.600. The molecule has 0 aliphatic heterocycles. The summed E-state index contributed by atoms with van der Waals surface area (Å²) in [7, 11) is 1.80. The van der Waals surface area contributed by atoms with E-state index in [1.54, 1.807) is 39.4 Å². The molecule has 30 heavy (non-hydrogen) atoms. The van der Waals surface area contributed by atoms with Gasteiger partial charge in [0.25, 0.3) is 0 Å². The van der Waals surface area contributed by atoms with Crippen molar-refractivity contribution in [3.8, 4) is 0 Å². The smallest absolute Gasteiger partial charge is 0.410 e. The van der Waals surface area contributed by atoms with Gasteiger partial charge in [-0.1, -0.05) is 30.3 Å². The van der Waals surface area contributed by atoms with E-state index in [0.29, 0.717) is 5.69 Å². The topological polar surface area (TPSA) is 85.7 Å². The summed E-state index contributed by atoms with van der Waals surface area (Å²) >= 11 is 3.46.